The lowest BCUT2D eigenvalue weighted by Crippen LogP contribution is -2.21. The maximum absolute atomic E-state index is 12.9. The Hall–Kier alpha value is -1.23. The van der Waals surface area contributed by atoms with E-state index in [0.29, 0.717) is 0 Å². The van der Waals surface area contributed by atoms with Gasteiger partial charge in [-0.25, -0.2) is 13.2 Å². The molecule has 0 bridgehead atoms. The van der Waals surface area contributed by atoms with Crippen LogP contribution in [-0.2, 0) is 0 Å². The van der Waals surface area contributed by atoms with Crippen LogP contribution in [0.25, 0.3) is 0 Å². The third-order valence-corrected chi connectivity index (χ3v) is 1.63. The summed E-state index contributed by atoms with van der Waals surface area (Å²) in [5.41, 5.74) is -0.0856. The summed E-state index contributed by atoms with van der Waals surface area (Å²) in [5, 5.41) is 11.2. The molecule has 0 heterocycles. The number of alkyl halides is 1. The second-order valence-corrected chi connectivity index (χ2v) is 2.81. The van der Waals surface area contributed by atoms with Gasteiger partial charge in [-0.2, -0.15) is 0 Å². The minimum absolute atomic E-state index is 0.0856. The first-order valence-electron chi connectivity index (χ1n) is 4.06. The summed E-state index contributed by atoms with van der Waals surface area (Å²) in [5.74, 6) is -1.24. The number of nitrogens with one attached hydrogen (secondary N) is 1. The third kappa shape index (κ3) is 2.92. The maximum atomic E-state index is 12.9. The van der Waals surface area contributed by atoms with E-state index in [1.165, 1.54) is 0 Å². The molecule has 1 atom stereocenters. The topological polar surface area (TPSA) is 32.3 Å². The molecule has 1 aromatic carbocycles. The summed E-state index contributed by atoms with van der Waals surface area (Å²) >= 11 is 0. The number of aliphatic hydroxyl groups excluding tert-OH is 1. The zero-order valence-corrected chi connectivity index (χ0v) is 7.30. The monoisotopic (exact) mass is 205 g/mol. The molecule has 0 spiro atoms. The van der Waals surface area contributed by atoms with Crippen molar-refractivity contribution in [2.45, 2.75) is 6.10 Å². The van der Waals surface area contributed by atoms with Gasteiger partial charge in [-0.1, -0.05) is 0 Å². The molecule has 0 fully saturated rings. The fourth-order valence-electron chi connectivity index (χ4n) is 0.915. The Morgan fingerprint density at radius 1 is 1.36 bits per heavy atom. The summed E-state index contributed by atoms with van der Waals surface area (Å²) in [6.45, 7) is -1.08. The molecule has 0 aliphatic carbocycles. The zero-order valence-electron chi connectivity index (χ0n) is 7.30. The Morgan fingerprint density at radius 2 is 2.07 bits per heavy atom. The van der Waals surface area contributed by atoms with E-state index in [-0.39, 0.29) is 12.2 Å². The standard InChI is InChI=1S/C9H10F3NO/c10-4-7(14)5-13-9-3-6(11)1-2-8(9)12/h1-3,7,13-14H,4-5H2. The van der Waals surface area contributed by atoms with E-state index < -0.39 is 24.4 Å². The fourth-order valence-corrected chi connectivity index (χ4v) is 0.915. The minimum Gasteiger partial charge on any atom is -0.389 e. The van der Waals surface area contributed by atoms with Crippen LogP contribution >= 0.6 is 0 Å². The van der Waals surface area contributed by atoms with Crippen molar-refractivity contribution in [2.24, 2.45) is 0 Å². The summed E-state index contributed by atoms with van der Waals surface area (Å²) in [7, 11) is 0. The van der Waals surface area contributed by atoms with Crippen molar-refractivity contribution < 1.29 is 18.3 Å². The highest BCUT2D eigenvalue weighted by Gasteiger charge is 2.06. The highest BCUT2D eigenvalue weighted by atomic mass is 19.1. The molecule has 1 aromatic rings. The van der Waals surface area contributed by atoms with Gasteiger partial charge in [-0.15, -0.1) is 0 Å². The number of aliphatic hydroxyl groups is 1. The van der Waals surface area contributed by atoms with Crippen LogP contribution in [0.1, 0.15) is 0 Å². The Morgan fingerprint density at radius 3 is 2.71 bits per heavy atom. The van der Waals surface area contributed by atoms with E-state index in [0.717, 1.165) is 18.2 Å². The summed E-state index contributed by atoms with van der Waals surface area (Å²) in [4.78, 5) is 0. The molecule has 1 unspecified atom stereocenters. The van der Waals surface area contributed by atoms with Gasteiger partial charge in [0.2, 0.25) is 0 Å². The molecule has 0 amide bonds. The molecule has 0 aromatic heterocycles. The van der Waals surface area contributed by atoms with Crippen molar-refractivity contribution in [2.75, 3.05) is 18.5 Å². The van der Waals surface area contributed by atoms with E-state index >= 15 is 0 Å². The van der Waals surface area contributed by atoms with Gasteiger partial charge in [0.05, 0.1) is 11.8 Å². The number of benzene rings is 1. The third-order valence-electron chi connectivity index (χ3n) is 1.63. The number of halogens is 3. The molecular formula is C9H10F3NO. The van der Waals surface area contributed by atoms with Crippen LogP contribution < -0.4 is 5.32 Å². The van der Waals surface area contributed by atoms with Crippen LogP contribution in [0.4, 0.5) is 18.9 Å². The number of hydrogen-bond acceptors (Lipinski definition) is 2. The molecule has 2 nitrogen and oxygen atoms in total. The van der Waals surface area contributed by atoms with E-state index in [1.807, 2.05) is 0 Å². The molecule has 14 heavy (non-hydrogen) atoms. The van der Waals surface area contributed by atoms with Crippen LogP contribution in [0.2, 0.25) is 0 Å². The quantitative estimate of drug-likeness (QED) is 0.784. The summed E-state index contributed by atoms with van der Waals surface area (Å²) in [6, 6.07) is 2.88. The normalized spacial score (nSPS) is 12.6. The van der Waals surface area contributed by atoms with Crippen molar-refractivity contribution in [1.82, 2.24) is 0 Å². The SMILES string of the molecule is OC(CF)CNc1cc(F)ccc1F. The van der Waals surface area contributed by atoms with Gasteiger partial charge in [0.1, 0.15) is 18.3 Å². The van der Waals surface area contributed by atoms with Crippen molar-refractivity contribution in [3.05, 3.63) is 29.8 Å². The van der Waals surface area contributed by atoms with E-state index in [1.54, 1.807) is 0 Å². The molecule has 1 rings (SSSR count). The highest BCUT2D eigenvalue weighted by Crippen LogP contribution is 2.14. The van der Waals surface area contributed by atoms with Gasteiger partial charge in [0.15, 0.2) is 0 Å². The Kier molecular flexibility index (Phi) is 3.76. The van der Waals surface area contributed by atoms with Crippen LogP contribution in [0.5, 0.6) is 0 Å². The zero-order chi connectivity index (χ0) is 10.6. The number of hydrogen-bond donors (Lipinski definition) is 2. The molecule has 0 radical (unpaired) electrons. The fraction of sp³-hybridized carbons (Fsp3) is 0.333. The molecule has 78 valence electrons. The maximum Gasteiger partial charge on any atom is 0.146 e. The summed E-state index contributed by atoms with van der Waals surface area (Å²) < 4.78 is 37.3. The smallest absolute Gasteiger partial charge is 0.146 e. The molecule has 0 saturated heterocycles. The Bertz CT molecular complexity index is 306. The Balaban J connectivity index is 2.62. The van der Waals surface area contributed by atoms with E-state index in [9.17, 15) is 13.2 Å². The first-order valence-corrected chi connectivity index (χ1v) is 4.06. The van der Waals surface area contributed by atoms with Crippen LogP contribution in [0.15, 0.2) is 18.2 Å². The molecule has 5 heteroatoms. The van der Waals surface area contributed by atoms with E-state index in [4.69, 9.17) is 5.11 Å². The van der Waals surface area contributed by atoms with Gasteiger partial charge in [-0.3, -0.25) is 0 Å². The van der Waals surface area contributed by atoms with Gasteiger partial charge >= 0.3 is 0 Å². The predicted octanol–water partition coefficient (Wildman–Crippen LogP) is 1.71. The number of anilines is 1. The lowest BCUT2D eigenvalue weighted by Gasteiger charge is -2.10. The van der Waals surface area contributed by atoms with Gasteiger partial charge in [0, 0.05) is 6.54 Å². The van der Waals surface area contributed by atoms with Crippen LogP contribution in [0.3, 0.4) is 0 Å². The molecule has 0 aliphatic heterocycles. The van der Waals surface area contributed by atoms with E-state index in [2.05, 4.69) is 5.32 Å². The van der Waals surface area contributed by atoms with Crippen molar-refractivity contribution in [1.29, 1.82) is 0 Å². The first kappa shape index (κ1) is 10.8. The van der Waals surface area contributed by atoms with Gasteiger partial charge in [0.25, 0.3) is 0 Å². The predicted molar refractivity (Wildman–Crippen MR) is 46.8 cm³/mol. The lowest BCUT2D eigenvalue weighted by molar-refractivity contribution is 0.151. The molecule has 0 aliphatic rings. The molecule has 2 N–H and O–H groups in total. The van der Waals surface area contributed by atoms with Crippen molar-refractivity contribution in [3.63, 3.8) is 0 Å². The summed E-state index contributed by atoms with van der Waals surface area (Å²) in [6.07, 6.45) is -1.21. The molecular weight excluding hydrogens is 195 g/mol. The van der Waals surface area contributed by atoms with Gasteiger partial charge in [-0.05, 0) is 18.2 Å². The second kappa shape index (κ2) is 4.85. The Labute approximate surface area is 79.4 Å². The van der Waals surface area contributed by atoms with Crippen LogP contribution in [0, 0.1) is 11.6 Å². The average molecular weight is 205 g/mol. The first-order chi connectivity index (χ1) is 6.63. The van der Waals surface area contributed by atoms with Crippen molar-refractivity contribution >= 4 is 5.69 Å². The minimum atomic E-state index is -1.21. The average Bonchev–Trinajstić information content (AvgIpc) is 2.19. The molecule has 0 saturated carbocycles. The van der Waals surface area contributed by atoms with Crippen LogP contribution in [-0.4, -0.2) is 24.4 Å². The highest BCUT2D eigenvalue weighted by molar-refractivity contribution is 5.44. The number of rotatable bonds is 4. The lowest BCUT2D eigenvalue weighted by atomic mass is 10.3. The largest absolute Gasteiger partial charge is 0.389 e. The van der Waals surface area contributed by atoms with Crippen molar-refractivity contribution in [3.8, 4) is 0 Å². The second-order valence-electron chi connectivity index (χ2n) is 2.81. The van der Waals surface area contributed by atoms with Gasteiger partial charge < -0.3 is 10.4 Å².